The molecule has 1 N–H and O–H groups in total. The van der Waals surface area contributed by atoms with Gasteiger partial charge >= 0.3 is 0 Å². The van der Waals surface area contributed by atoms with Crippen LogP contribution in [-0.2, 0) is 0 Å². The monoisotopic (exact) mass is 500 g/mol. The summed E-state index contributed by atoms with van der Waals surface area (Å²) in [5.41, 5.74) is 2.97. The second-order valence-corrected chi connectivity index (χ2v) is 8.26. The third-order valence-electron chi connectivity index (χ3n) is 6.06. The summed E-state index contributed by atoms with van der Waals surface area (Å²) in [7, 11) is 0. The summed E-state index contributed by atoms with van der Waals surface area (Å²) >= 11 is 0. The molecule has 0 aliphatic carbocycles. The zero-order valence-corrected chi connectivity index (χ0v) is 19.9. The molecule has 1 fully saturated rings. The van der Waals surface area contributed by atoms with Crippen LogP contribution in [0.3, 0.4) is 0 Å². The Labute approximate surface area is 206 Å². The van der Waals surface area contributed by atoms with Gasteiger partial charge in [-0.25, -0.2) is 18.4 Å². The maximum atomic E-state index is 14.3. The van der Waals surface area contributed by atoms with E-state index in [1.807, 2.05) is 11.6 Å². The largest absolute Gasteiger partial charge is 0.469 e. The van der Waals surface area contributed by atoms with Crippen LogP contribution in [0.15, 0.2) is 30.6 Å². The quantitative estimate of drug-likeness (QED) is 0.442. The number of piperidine rings is 1. The molecule has 0 aromatic carbocycles. The Morgan fingerprint density at radius 3 is 2.66 bits per heavy atom. The third-order valence-corrected chi connectivity index (χ3v) is 6.06. The fourth-order valence-electron chi connectivity index (χ4n) is 4.35. The van der Waals surface area contributed by atoms with Crippen molar-refractivity contribution in [1.29, 1.82) is 5.26 Å². The molecule has 0 amide bonds. The van der Waals surface area contributed by atoms with Crippen LogP contribution in [0.4, 0.5) is 8.78 Å². The predicted octanol–water partition coefficient (Wildman–Crippen LogP) is 3.93. The molecule has 5 rings (SSSR count). The van der Waals surface area contributed by atoms with Crippen molar-refractivity contribution < 1.29 is 13.5 Å². The van der Waals surface area contributed by atoms with Gasteiger partial charge in [-0.05, 0) is 45.8 Å². The van der Waals surface area contributed by atoms with Crippen LogP contribution < -0.4 is 10.1 Å². The molecule has 0 saturated carbocycles. The SMILES string of the molecule is Cc1c(-c2cc(OC(C)c3ncc(F)cc3F)n3c(C#N)cnc3c2)nnn1C1CCNCC1.Cl. The van der Waals surface area contributed by atoms with E-state index in [2.05, 4.69) is 31.7 Å². The number of imidazole rings is 1. The summed E-state index contributed by atoms with van der Waals surface area (Å²) < 4.78 is 37.1. The van der Waals surface area contributed by atoms with Gasteiger partial charge in [0.2, 0.25) is 5.88 Å². The highest BCUT2D eigenvalue weighted by Gasteiger charge is 2.23. The van der Waals surface area contributed by atoms with Crippen molar-refractivity contribution in [3.8, 4) is 23.2 Å². The number of hydrogen-bond acceptors (Lipinski definition) is 7. The Hall–Kier alpha value is -3.62. The first-order chi connectivity index (χ1) is 16.5. The molecule has 1 aliphatic rings. The van der Waals surface area contributed by atoms with Crippen molar-refractivity contribution in [2.75, 3.05) is 13.1 Å². The first-order valence-corrected chi connectivity index (χ1v) is 11.0. The maximum Gasteiger partial charge on any atom is 0.201 e. The number of halogens is 3. The van der Waals surface area contributed by atoms with Gasteiger partial charge in [0.25, 0.3) is 0 Å². The number of ether oxygens (including phenoxy) is 1. The van der Waals surface area contributed by atoms with Crippen molar-refractivity contribution >= 4 is 18.1 Å². The van der Waals surface area contributed by atoms with E-state index in [0.29, 0.717) is 16.9 Å². The minimum absolute atomic E-state index is 0. The molecule has 0 spiro atoms. The van der Waals surface area contributed by atoms with Gasteiger partial charge in [0.15, 0.2) is 5.82 Å². The number of fused-ring (bicyclic) bond motifs is 1. The van der Waals surface area contributed by atoms with Crippen molar-refractivity contribution in [3.05, 3.63) is 59.3 Å². The molecule has 0 radical (unpaired) electrons. The normalized spacial score (nSPS) is 14.9. The van der Waals surface area contributed by atoms with Gasteiger partial charge in [0, 0.05) is 17.7 Å². The number of pyridine rings is 2. The molecule has 35 heavy (non-hydrogen) atoms. The third kappa shape index (κ3) is 4.54. The lowest BCUT2D eigenvalue weighted by atomic mass is 10.1. The lowest BCUT2D eigenvalue weighted by molar-refractivity contribution is 0.204. The number of rotatable bonds is 5. The smallest absolute Gasteiger partial charge is 0.201 e. The predicted molar refractivity (Wildman–Crippen MR) is 125 cm³/mol. The Balaban J connectivity index is 0.00000289. The maximum absolute atomic E-state index is 14.3. The molecule has 5 heterocycles. The lowest BCUT2D eigenvalue weighted by Gasteiger charge is -2.23. The van der Waals surface area contributed by atoms with Crippen LogP contribution in [0, 0.1) is 29.9 Å². The minimum Gasteiger partial charge on any atom is -0.469 e. The summed E-state index contributed by atoms with van der Waals surface area (Å²) in [5.74, 6) is -1.33. The van der Waals surface area contributed by atoms with E-state index in [0.717, 1.165) is 43.9 Å². The van der Waals surface area contributed by atoms with E-state index in [1.54, 1.807) is 19.1 Å². The number of nitrogens with zero attached hydrogens (tertiary/aromatic N) is 7. The van der Waals surface area contributed by atoms with Crippen molar-refractivity contribution in [1.82, 2.24) is 34.7 Å². The van der Waals surface area contributed by atoms with Gasteiger partial charge < -0.3 is 10.1 Å². The highest BCUT2D eigenvalue weighted by molar-refractivity contribution is 5.85. The second kappa shape index (κ2) is 9.93. The number of hydrogen-bond donors (Lipinski definition) is 1. The van der Waals surface area contributed by atoms with Gasteiger partial charge in [-0.15, -0.1) is 17.5 Å². The Morgan fingerprint density at radius 2 is 1.94 bits per heavy atom. The number of nitriles is 1. The molecule has 0 bridgehead atoms. The fourth-order valence-corrected chi connectivity index (χ4v) is 4.35. The topological polar surface area (TPSA) is 106 Å². The van der Waals surface area contributed by atoms with E-state index in [4.69, 9.17) is 4.74 Å². The molecule has 1 atom stereocenters. The summed E-state index contributed by atoms with van der Waals surface area (Å²) in [6, 6.07) is 6.64. The summed E-state index contributed by atoms with van der Waals surface area (Å²) in [4.78, 5) is 8.17. The first kappa shape index (κ1) is 24.5. The van der Waals surface area contributed by atoms with E-state index >= 15 is 0 Å². The molecule has 9 nitrogen and oxygen atoms in total. The molecule has 1 aliphatic heterocycles. The summed E-state index contributed by atoms with van der Waals surface area (Å²) in [6.45, 7) is 5.43. The molecular formula is C23H23ClF2N8O. The average Bonchev–Trinajstić information content (AvgIpc) is 3.42. The van der Waals surface area contributed by atoms with Crippen LogP contribution in [0.1, 0.15) is 49.0 Å². The van der Waals surface area contributed by atoms with E-state index in [-0.39, 0.29) is 35.7 Å². The zero-order chi connectivity index (χ0) is 23.8. The molecule has 4 aromatic rings. The number of aromatic nitrogens is 6. The average molecular weight is 501 g/mol. The standard InChI is InChI=1S/C23H22F2N8O.ClH/c1-13-22(30-31-33(13)17-3-5-27-6-4-17)15-7-20-28-12-18(10-26)32(20)21(8-15)34-14(2)23-19(25)9-16(24)11-29-23;/h7-9,11-12,14,17,27H,3-6H2,1-2H3;1H. The molecule has 12 heteroatoms. The summed E-state index contributed by atoms with van der Waals surface area (Å²) in [6.07, 6.45) is 3.45. The van der Waals surface area contributed by atoms with Gasteiger partial charge in [-0.3, -0.25) is 9.38 Å². The molecule has 182 valence electrons. The lowest BCUT2D eigenvalue weighted by Crippen LogP contribution is -2.30. The van der Waals surface area contributed by atoms with Crippen molar-refractivity contribution in [3.63, 3.8) is 0 Å². The van der Waals surface area contributed by atoms with Crippen molar-refractivity contribution in [2.24, 2.45) is 0 Å². The number of nitrogens with one attached hydrogen (secondary N) is 1. The van der Waals surface area contributed by atoms with Crippen LogP contribution in [0.5, 0.6) is 5.88 Å². The minimum atomic E-state index is -0.862. The van der Waals surface area contributed by atoms with Gasteiger partial charge in [-0.2, -0.15) is 5.26 Å². The molecular weight excluding hydrogens is 478 g/mol. The van der Waals surface area contributed by atoms with E-state index in [9.17, 15) is 14.0 Å². The van der Waals surface area contributed by atoms with E-state index in [1.165, 1.54) is 10.6 Å². The van der Waals surface area contributed by atoms with Crippen LogP contribution in [0.2, 0.25) is 0 Å². The van der Waals surface area contributed by atoms with Crippen LogP contribution >= 0.6 is 12.4 Å². The Morgan fingerprint density at radius 1 is 1.17 bits per heavy atom. The summed E-state index contributed by atoms with van der Waals surface area (Å²) in [5, 5.41) is 21.7. The highest BCUT2D eigenvalue weighted by atomic mass is 35.5. The molecule has 1 unspecified atom stereocenters. The van der Waals surface area contributed by atoms with Crippen LogP contribution in [-0.4, -0.2) is 42.5 Å². The Bertz CT molecular complexity index is 1410. The highest BCUT2D eigenvalue weighted by Crippen LogP contribution is 2.32. The molecule has 1 saturated heterocycles. The van der Waals surface area contributed by atoms with Gasteiger partial charge in [0.1, 0.15) is 40.7 Å². The van der Waals surface area contributed by atoms with Gasteiger partial charge in [-0.1, -0.05) is 5.21 Å². The molecule has 4 aromatic heterocycles. The van der Waals surface area contributed by atoms with Crippen molar-refractivity contribution in [2.45, 2.75) is 38.8 Å². The van der Waals surface area contributed by atoms with Crippen LogP contribution in [0.25, 0.3) is 16.9 Å². The fraction of sp³-hybridized carbons (Fsp3) is 0.348. The Kier molecular flexibility index (Phi) is 6.95. The van der Waals surface area contributed by atoms with Gasteiger partial charge in [0.05, 0.1) is 24.1 Å². The second-order valence-electron chi connectivity index (χ2n) is 8.26. The van der Waals surface area contributed by atoms with E-state index < -0.39 is 17.7 Å². The zero-order valence-electron chi connectivity index (χ0n) is 19.1. The first-order valence-electron chi connectivity index (χ1n) is 11.0.